The average molecular weight is 427 g/mol. The average Bonchev–Trinajstić information content (AvgIpc) is 3.02. The zero-order valence-electron chi connectivity index (χ0n) is 20.5. The monoisotopic (exact) mass is 426 g/mol. The van der Waals surface area contributed by atoms with E-state index in [1.165, 1.54) is 5.56 Å². The van der Waals surface area contributed by atoms with Gasteiger partial charge < -0.3 is 21.8 Å². The Kier molecular flexibility index (Phi) is 7.77. The summed E-state index contributed by atoms with van der Waals surface area (Å²) in [5, 5.41) is 4.10. The van der Waals surface area contributed by atoms with Crippen LogP contribution in [0.25, 0.3) is 16.5 Å². The Labute approximate surface area is 188 Å². The van der Waals surface area contributed by atoms with Crippen molar-refractivity contribution in [3.63, 3.8) is 0 Å². The fourth-order valence-corrected chi connectivity index (χ4v) is 3.90. The first kappa shape index (κ1) is 25.2. The van der Waals surface area contributed by atoms with E-state index in [2.05, 4.69) is 70.6 Å². The Morgan fingerprint density at radius 2 is 1.77 bits per heavy atom. The van der Waals surface area contributed by atoms with Crippen LogP contribution >= 0.6 is 0 Å². The number of carbonyl (C=O) groups is 1. The van der Waals surface area contributed by atoms with Gasteiger partial charge >= 0.3 is 0 Å². The number of unbranched alkanes of at least 4 members (excludes halogenated alkanes) is 1. The highest BCUT2D eigenvalue weighted by atomic mass is 16.2. The van der Waals surface area contributed by atoms with Gasteiger partial charge in [0.2, 0.25) is 5.91 Å². The molecular weight excluding hydrogens is 384 g/mol. The molecule has 31 heavy (non-hydrogen) atoms. The number of aromatic amines is 1. The van der Waals surface area contributed by atoms with Crippen molar-refractivity contribution in [2.24, 2.45) is 11.5 Å². The highest BCUT2D eigenvalue weighted by Crippen LogP contribution is 2.38. The fourth-order valence-electron chi connectivity index (χ4n) is 3.90. The molecule has 0 aliphatic carbocycles. The van der Waals surface area contributed by atoms with E-state index in [9.17, 15) is 4.79 Å². The maximum Gasteiger partial charge on any atom is 0.237 e. The van der Waals surface area contributed by atoms with Crippen LogP contribution in [0.15, 0.2) is 18.7 Å². The molecule has 1 heterocycles. The molecule has 1 amide bonds. The Bertz CT molecular complexity index is 941. The molecule has 1 atom stereocenters. The Balaban J connectivity index is 2.56. The molecule has 0 saturated carbocycles. The van der Waals surface area contributed by atoms with Crippen LogP contribution in [0.2, 0.25) is 0 Å². The van der Waals surface area contributed by atoms with Crippen molar-refractivity contribution in [2.45, 2.75) is 84.6 Å². The molecule has 6 N–H and O–H groups in total. The summed E-state index contributed by atoms with van der Waals surface area (Å²) in [5.41, 5.74) is 18.5. The molecule has 0 fully saturated rings. The van der Waals surface area contributed by atoms with Gasteiger partial charge in [-0.3, -0.25) is 4.79 Å². The third kappa shape index (κ3) is 5.98. The molecule has 0 saturated heterocycles. The molecule has 0 unspecified atom stereocenters. The van der Waals surface area contributed by atoms with E-state index in [1.54, 1.807) is 0 Å². The van der Waals surface area contributed by atoms with Crippen molar-refractivity contribution in [3.05, 3.63) is 41.1 Å². The third-order valence-electron chi connectivity index (χ3n) is 5.78. The van der Waals surface area contributed by atoms with Crippen molar-refractivity contribution >= 4 is 22.4 Å². The molecule has 5 heteroatoms. The number of hydrogen-bond donors (Lipinski definition) is 4. The summed E-state index contributed by atoms with van der Waals surface area (Å²) < 4.78 is 0. The minimum atomic E-state index is -0.607. The minimum Gasteiger partial charge on any atom is -0.357 e. The van der Waals surface area contributed by atoms with Gasteiger partial charge in [-0.15, -0.1) is 0 Å². The van der Waals surface area contributed by atoms with Gasteiger partial charge in [0, 0.05) is 28.6 Å². The molecule has 0 aliphatic heterocycles. The van der Waals surface area contributed by atoms with Gasteiger partial charge in [-0.05, 0) is 67.0 Å². The first-order valence-electron chi connectivity index (χ1n) is 11.4. The minimum absolute atomic E-state index is 0.00267. The molecule has 2 rings (SSSR count). The Morgan fingerprint density at radius 1 is 1.13 bits per heavy atom. The maximum atomic E-state index is 12.6. The fraction of sp³-hybridized carbons (Fsp3) is 0.577. The first-order chi connectivity index (χ1) is 14.3. The van der Waals surface area contributed by atoms with Crippen LogP contribution in [0.5, 0.6) is 0 Å². The lowest BCUT2D eigenvalue weighted by Gasteiger charge is -2.22. The molecule has 0 aliphatic rings. The number of rotatable bonds is 8. The SMILES string of the molecule is C=C(C)c1cc(C(C)(C)C)cc2c(C[C@H](N)C(=O)NCCCCN)c(C(C)(C)C)[nH]c12. The van der Waals surface area contributed by atoms with E-state index < -0.39 is 6.04 Å². The van der Waals surface area contributed by atoms with Crippen LogP contribution in [-0.2, 0) is 22.0 Å². The summed E-state index contributed by atoms with van der Waals surface area (Å²) in [7, 11) is 0. The summed E-state index contributed by atoms with van der Waals surface area (Å²) in [6.45, 7) is 20.7. The number of fused-ring (bicyclic) bond motifs is 1. The highest BCUT2D eigenvalue weighted by molar-refractivity contribution is 5.95. The van der Waals surface area contributed by atoms with Crippen LogP contribution in [0.1, 0.15) is 83.7 Å². The Morgan fingerprint density at radius 3 is 2.29 bits per heavy atom. The molecule has 172 valence electrons. The predicted molar refractivity (Wildman–Crippen MR) is 133 cm³/mol. The van der Waals surface area contributed by atoms with Crippen LogP contribution in [0.4, 0.5) is 0 Å². The standard InChI is InChI=1S/C26H42N4O/c1-16(2)18-13-17(25(3,4)5)14-19-20(23(26(6,7)8)30-22(18)19)15-21(28)24(31)29-12-10-9-11-27/h13-14,21,30H,1,9-12,15,27-28H2,2-8H3,(H,29,31)/t21-/m0/s1. The number of allylic oxidation sites excluding steroid dienone is 1. The van der Waals surface area contributed by atoms with Crippen molar-refractivity contribution < 1.29 is 4.79 Å². The number of amides is 1. The van der Waals surface area contributed by atoms with Crippen LogP contribution in [-0.4, -0.2) is 30.0 Å². The number of nitrogens with two attached hydrogens (primary N) is 2. The van der Waals surface area contributed by atoms with Gasteiger partial charge in [0.1, 0.15) is 0 Å². The molecule has 0 bridgehead atoms. The number of carbonyl (C=O) groups excluding carboxylic acids is 1. The van der Waals surface area contributed by atoms with Crippen molar-refractivity contribution in [3.8, 4) is 0 Å². The smallest absolute Gasteiger partial charge is 0.237 e. The highest BCUT2D eigenvalue weighted by Gasteiger charge is 2.28. The molecule has 0 spiro atoms. The quantitative estimate of drug-likeness (QED) is 0.467. The zero-order valence-corrected chi connectivity index (χ0v) is 20.5. The van der Waals surface area contributed by atoms with Crippen molar-refractivity contribution in [1.82, 2.24) is 10.3 Å². The summed E-state index contributed by atoms with van der Waals surface area (Å²) in [4.78, 5) is 16.3. The molecule has 1 aromatic heterocycles. The summed E-state index contributed by atoms with van der Waals surface area (Å²) >= 11 is 0. The second kappa shape index (κ2) is 9.58. The van der Waals surface area contributed by atoms with E-state index in [-0.39, 0.29) is 16.7 Å². The summed E-state index contributed by atoms with van der Waals surface area (Å²) in [6.07, 6.45) is 2.25. The van der Waals surface area contributed by atoms with Gasteiger partial charge in [-0.25, -0.2) is 0 Å². The van der Waals surface area contributed by atoms with E-state index in [1.807, 2.05) is 6.92 Å². The molecule has 0 radical (unpaired) electrons. The largest absolute Gasteiger partial charge is 0.357 e. The number of nitrogens with one attached hydrogen (secondary N) is 2. The lowest BCUT2D eigenvalue weighted by Crippen LogP contribution is -2.42. The van der Waals surface area contributed by atoms with Gasteiger partial charge in [0.05, 0.1) is 11.6 Å². The topological polar surface area (TPSA) is 96.9 Å². The third-order valence-corrected chi connectivity index (χ3v) is 5.78. The number of benzene rings is 1. The second-order valence-electron chi connectivity index (χ2n) is 10.8. The van der Waals surface area contributed by atoms with Crippen molar-refractivity contribution in [2.75, 3.05) is 13.1 Å². The van der Waals surface area contributed by atoms with E-state index in [0.717, 1.165) is 46.1 Å². The normalized spacial score (nSPS) is 13.5. The van der Waals surface area contributed by atoms with Crippen molar-refractivity contribution in [1.29, 1.82) is 0 Å². The predicted octanol–water partition coefficient (Wildman–Crippen LogP) is 4.52. The van der Waals surface area contributed by atoms with Gasteiger partial charge in [-0.2, -0.15) is 0 Å². The van der Waals surface area contributed by atoms with Gasteiger partial charge in [0.15, 0.2) is 0 Å². The summed E-state index contributed by atoms with van der Waals surface area (Å²) in [6, 6.07) is 3.89. The van der Waals surface area contributed by atoms with Crippen LogP contribution in [0, 0.1) is 0 Å². The number of H-pyrrole nitrogens is 1. The molecular formula is C26H42N4O. The molecule has 5 nitrogen and oxygen atoms in total. The number of aromatic nitrogens is 1. The van der Waals surface area contributed by atoms with E-state index in [4.69, 9.17) is 11.5 Å². The van der Waals surface area contributed by atoms with Crippen LogP contribution in [0.3, 0.4) is 0 Å². The van der Waals surface area contributed by atoms with Gasteiger partial charge in [-0.1, -0.05) is 48.1 Å². The molecule has 1 aromatic carbocycles. The van der Waals surface area contributed by atoms with E-state index in [0.29, 0.717) is 19.5 Å². The second-order valence-corrected chi connectivity index (χ2v) is 10.8. The lowest BCUT2D eigenvalue weighted by atomic mass is 9.82. The first-order valence-corrected chi connectivity index (χ1v) is 11.4. The zero-order chi connectivity index (χ0) is 23.6. The Hall–Kier alpha value is -2.11. The van der Waals surface area contributed by atoms with Gasteiger partial charge in [0.25, 0.3) is 0 Å². The van der Waals surface area contributed by atoms with E-state index >= 15 is 0 Å². The molecule has 2 aromatic rings. The maximum absolute atomic E-state index is 12.6. The lowest BCUT2D eigenvalue weighted by molar-refractivity contribution is -0.122. The summed E-state index contributed by atoms with van der Waals surface area (Å²) in [5.74, 6) is -0.113. The number of hydrogen-bond acceptors (Lipinski definition) is 3. The van der Waals surface area contributed by atoms with Crippen LogP contribution < -0.4 is 16.8 Å².